The summed E-state index contributed by atoms with van der Waals surface area (Å²) in [5.74, 6) is 0.784. The Morgan fingerprint density at radius 1 is 1.42 bits per heavy atom. The van der Waals surface area contributed by atoms with Crippen LogP contribution >= 0.6 is 0 Å². The van der Waals surface area contributed by atoms with Crippen LogP contribution in [-0.2, 0) is 11.4 Å². The first-order valence-electron chi connectivity index (χ1n) is 6.31. The number of ether oxygens (including phenoxy) is 1. The molecule has 0 radical (unpaired) electrons. The van der Waals surface area contributed by atoms with E-state index in [1.54, 1.807) is 7.11 Å². The van der Waals surface area contributed by atoms with Gasteiger partial charge in [0.25, 0.3) is 0 Å². The van der Waals surface area contributed by atoms with Gasteiger partial charge in [-0.25, -0.2) is 0 Å². The number of nitrogens with one attached hydrogen (secondary N) is 1. The van der Waals surface area contributed by atoms with Gasteiger partial charge < -0.3 is 20.0 Å². The topological polar surface area (TPSA) is 63.1 Å². The van der Waals surface area contributed by atoms with Crippen molar-refractivity contribution in [2.75, 3.05) is 13.7 Å². The van der Waals surface area contributed by atoms with Crippen LogP contribution in [0.4, 0.5) is 0 Å². The Bertz CT molecular complexity index is 394. The van der Waals surface area contributed by atoms with Gasteiger partial charge in [0.1, 0.15) is 18.5 Å². The van der Waals surface area contributed by atoms with Crippen LogP contribution in [0.1, 0.15) is 19.4 Å². The van der Waals surface area contributed by atoms with Crippen molar-refractivity contribution < 1.29 is 14.7 Å². The van der Waals surface area contributed by atoms with Crippen molar-refractivity contribution in [1.29, 1.82) is 0 Å². The summed E-state index contributed by atoms with van der Waals surface area (Å²) < 4.78 is 5.11. The highest BCUT2D eigenvalue weighted by Crippen LogP contribution is 2.13. The second-order valence-corrected chi connectivity index (χ2v) is 4.51. The summed E-state index contributed by atoms with van der Waals surface area (Å²) in [6, 6.07) is 7.90. The Kier molecular flexibility index (Phi) is 6.92. The molecule has 0 saturated heterocycles. The second-order valence-electron chi connectivity index (χ2n) is 4.51. The fourth-order valence-electron chi connectivity index (χ4n) is 1.40. The Balaban J connectivity index is 2.28. The molecule has 106 valence electrons. The largest absolute Gasteiger partial charge is 0.497 e. The molecule has 0 fully saturated rings. The third kappa shape index (κ3) is 6.79. The number of nitrogens with zero attached hydrogens (tertiary/aromatic N) is 1. The van der Waals surface area contributed by atoms with E-state index in [0.717, 1.165) is 11.3 Å². The Morgan fingerprint density at radius 3 is 2.89 bits per heavy atom. The van der Waals surface area contributed by atoms with Crippen LogP contribution in [-0.4, -0.2) is 37.1 Å². The van der Waals surface area contributed by atoms with Crippen molar-refractivity contribution in [3.05, 3.63) is 29.8 Å². The van der Waals surface area contributed by atoms with Gasteiger partial charge in [0, 0.05) is 12.6 Å². The molecule has 5 nitrogen and oxygen atoms in total. The SMILES string of the molecule is COc1cccc(CO/N=C\C(O)CNC(C)C)c1. The molecule has 1 unspecified atom stereocenters. The first kappa shape index (κ1) is 15.5. The van der Waals surface area contributed by atoms with Crippen molar-refractivity contribution in [3.63, 3.8) is 0 Å². The van der Waals surface area contributed by atoms with E-state index < -0.39 is 6.10 Å². The van der Waals surface area contributed by atoms with E-state index in [1.165, 1.54) is 6.21 Å². The molecule has 0 spiro atoms. The van der Waals surface area contributed by atoms with Crippen molar-refractivity contribution >= 4 is 6.21 Å². The quantitative estimate of drug-likeness (QED) is 0.553. The van der Waals surface area contributed by atoms with Gasteiger partial charge in [-0.05, 0) is 17.7 Å². The predicted octanol–water partition coefficient (Wildman–Crippen LogP) is 1.56. The molecule has 0 aliphatic rings. The Morgan fingerprint density at radius 2 is 2.21 bits per heavy atom. The van der Waals surface area contributed by atoms with Gasteiger partial charge in [0.2, 0.25) is 0 Å². The molecule has 0 bridgehead atoms. The first-order valence-corrected chi connectivity index (χ1v) is 6.31. The van der Waals surface area contributed by atoms with E-state index in [-0.39, 0.29) is 0 Å². The number of methoxy groups -OCH3 is 1. The Hall–Kier alpha value is -1.59. The van der Waals surface area contributed by atoms with Crippen molar-refractivity contribution in [2.24, 2.45) is 5.16 Å². The maximum absolute atomic E-state index is 9.57. The van der Waals surface area contributed by atoms with E-state index in [2.05, 4.69) is 10.5 Å². The summed E-state index contributed by atoms with van der Waals surface area (Å²) in [7, 11) is 1.62. The minimum Gasteiger partial charge on any atom is -0.497 e. The summed E-state index contributed by atoms with van der Waals surface area (Å²) in [4.78, 5) is 5.12. The van der Waals surface area contributed by atoms with Gasteiger partial charge in [-0.2, -0.15) is 0 Å². The minimum atomic E-state index is -0.646. The molecule has 0 saturated carbocycles. The molecule has 0 amide bonds. The monoisotopic (exact) mass is 266 g/mol. The van der Waals surface area contributed by atoms with E-state index in [4.69, 9.17) is 9.57 Å². The molecule has 0 aromatic heterocycles. The van der Waals surface area contributed by atoms with E-state index in [1.807, 2.05) is 38.1 Å². The van der Waals surface area contributed by atoms with Crippen LogP contribution in [0.3, 0.4) is 0 Å². The van der Waals surface area contributed by atoms with Crippen molar-refractivity contribution in [2.45, 2.75) is 32.6 Å². The minimum absolute atomic E-state index is 0.334. The van der Waals surface area contributed by atoms with Crippen LogP contribution in [0.2, 0.25) is 0 Å². The van der Waals surface area contributed by atoms with Crippen LogP contribution in [0, 0.1) is 0 Å². The molecular formula is C14H22N2O3. The highest BCUT2D eigenvalue weighted by Gasteiger charge is 2.01. The molecule has 0 aliphatic carbocycles. The third-order valence-electron chi connectivity index (χ3n) is 2.41. The lowest BCUT2D eigenvalue weighted by Gasteiger charge is -2.09. The average Bonchev–Trinajstić information content (AvgIpc) is 2.41. The normalized spacial score (nSPS) is 12.9. The van der Waals surface area contributed by atoms with Gasteiger partial charge in [-0.1, -0.05) is 31.1 Å². The van der Waals surface area contributed by atoms with Gasteiger partial charge in [0.15, 0.2) is 0 Å². The first-order chi connectivity index (χ1) is 9.11. The second kappa shape index (κ2) is 8.50. The zero-order valence-corrected chi connectivity index (χ0v) is 11.7. The maximum Gasteiger partial charge on any atom is 0.142 e. The van der Waals surface area contributed by atoms with Crippen molar-refractivity contribution in [1.82, 2.24) is 5.32 Å². The van der Waals surface area contributed by atoms with Gasteiger partial charge >= 0.3 is 0 Å². The molecule has 2 N–H and O–H groups in total. The number of aliphatic hydroxyl groups excluding tert-OH is 1. The number of hydrogen-bond donors (Lipinski definition) is 2. The molecule has 19 heavy (non-hydrogen) atoms. The lowest BCUT2D eigenvalue weighted by Crippen LogP contribution is -2.32. The number of hydrogen-bond acceptors (Lipinski definition) is 5. The van der Waals surface area contributed by atoms with Crippen molar-refractivity contribution in [3.8, 4) is 5.75 Å². The molecule has 1 aromatic rings. The van der Waals surface area contributed by atoms with Gasteiger partial charge in [-0.3, -0.25) is 0 Å². The van der Waals surface area contributed by atoms with Crippen LogP contribution in [0.5, 0.6) is 5.75 Å². The highest BCUT2D eigenvalue weighted by molar-refractivity contribution is 5.62. The van der Waals surface area contributed by atoms with E-state index >= 15 is 0 Å². The fraction of sp³-hybridized carbons (Fsp3) is 0.500. The summed E-state index contributed by atoms with van der Waals surface area (Å²) in [5.41, 5.74) is 0.964. The average molecular weight is 266 g/mol. The summed E-state index contributed by atoms with van der Waals surface area (Å²) in [6.45, 7) is 4.84. The number of benzene rings is 1. The molecule has 0 heterocycles. The van der Waals surface area contributed by atoms with Gasteiger partial charge in [0.05, 0.1) is 13.3 Å². The van der Waals surface area contributed by atoms with Crippen LogP contribution in [0.15, 0.2) is 29.4 Å². The molecule has 1 atom stereocenters. The third-order valence-corrected chi connectivity index (χ3v) is 2.41. The highest BCUT2D eigenvalue weighted by atomic mass is 16.6. The number of rotatable bonds is 8. The van der Waals surface area contributed by atoms with E-state index in [0.29, 0.717) is 19.2 Å². The fourth-order valence-corrected chi connectivity index (χ4v) is 1.40. The summed E-state index contributed by atoms with van der Waals surface area (Å²) in [6.07, 6.45) is 0.739. The molecular weight excluding hydrogens is 244 g/mol. The predicted molar refractivity (Wildman–Crippen MR) is 75.4 cm³/mol. The molecule has 0 aliphatic heterocycles. The van der Waals surface area contributed by atoms with E-state index in [9.17, 15) is 5.11 Å². The van der Waals surface area contributed by atoms with Crippen LogP contribution in [0.25, 0.3) is 0 Å². The maximum atomic E-state index is 9.57. The van der Waals surface area contributed by atoms with Crippen LogP contribution < -0.4 is 10.1 Å². The van der Waals surface area contributed by atoms with Gasteiger partial charge in [-0.15, -0.1) is 0 Å². The lowest BCUT2D eigenvalue weighted by molar-refractivity contribution is 0.126. The zero-order valence-electron chi connectivity index (χ0n) is 11.7. The number of oxime groups is 1. The standard InChI is InChI=1S/C14H22N2O3/c1-11(2)15-8-13(17)9-16-19-10-12-5-4-6-14(7-12)18-3/h4-7,9,11,13,15,17H,8,10H2,1-3H3/b16-9-. The number of aliphatic hydroxyl groups is 1. The molecule has 1 rings (SSSR count). The lowest BCUT2D eigenvalue weighted by atomic mass is 10.2. The molecule has 5 heteroatoms. The smallest absolute Gasteiger partial charge is 0.142 e. The molecule has 1 aromatic carbocycles. The zero-order chi connectivity index (χ0) is 14.1. The summed E-state index contributed by atoms with van der Waals surface area (Å²) >= 11 is 0. The summed E-state index contributed by atoms with van der Waals surface area (Å²) in [5, 5.41) is 16.4. The Labute approximate surface area is 114 Å².